The summed E-state index contributed by atoms with van der Waals surface area (Å²) in [7, 11) is -0.909. The first kappa shape index (κ1) is 8.65. The van der Waals surface area contributed by atoms with Crippen LogP contribution in [0.5, 0.6) is 0 Å². The summed E-state index contributed by atoms with van der Waals surface area (Å²) in [5.74, 6) is 0. The van der Waals surface area contributed by atoms with Crippen LogP contribution in [0, 0.1) is 0 Å². The predicted molar refractivity (Wildman–Crippen MR) is 36.8 cm³/mol. The maximum atomic E-state index is 9.58. The van der Waals surface area contributed by atoms with Gasteiger partial charge in [-0.2, -0.15) is 0 Å². The molecule has 0 radical (unpaired) electrons. The minimum Gasteiger partial charge on any atom is -0.466 e. The first-order chi connectivity index (χ1) is 4.27. The SMILES string of the molecule is C[SiH](C)OCCOC=O. The Morgan fingerprint density at radius 2 is 2.11 bits per heavy atom. The molecule has 0 saturated carbocycles. The van der Waals surface area contributed by atoms with E-state index in [-0.39, 0.29) is 0 Å². The fourth-order valence-corrected chi connectivity index (χ4v) is 0.948. The summed E-state index contributed by atoms with van der Waals surface area (Å²) in [6.45, 7) is 5.50. The number of carbonyl (C=O) groups excluding carboxylic acids is 1. The van der Waals surface area contributed by atoms with Crippen molar-refractivity contribution < 1.29 is 14.0 Å². The van der Waals surface area contributed by atoms with Crippen molar-refractivity contribution in [2.45, 2.75) is 13.1 Å². The van der Waals surface area contributed by atoms with Gasteiger partial charge in [-0.3, -0.25) is 4.79 Å². The maximum Gasteiger partial charge on any atom is 0.293 e. The fourth-order valence-electron chi connectivity index (χ4n) is 0.380. The summed E-state index contributed by atoms with van der Waals surface area (Å²) in [4.78, 5) is 9.58. The number of ether oxygens (including phenoxy) is 1. The third-order valence-corrected chi connectivity index (χ3v) is 1.62. The molecule has 0 amide bonds. The Hall–Kier alpha value is -0.353. The Morgan fingerprint density at radius 3 is 2.56 bits per heavy atom. The van der Waals surface area contributed by atoms with E-state index in [2.05, 4.69) is 17.8 Å². The Balaban J connectivity index is 2.82. The van der Waals surface area contributed by atoms with Gasteiger partial charge in [-0.1, -0.05) is 0 Å². The summed E-state index contributed by atoms with van der Waals surface area (Å²) in [5, 5.41) is 0. The second kappa shape index (κ2) is 5.78. The van der Waals surface area contributed by atoms with Crippen LogP contribution in [0.3, 0.4) is 0 Å². The van der Waals surface area contributed by atoms with E-state index in [1.807, 2.05) is 0 Å². The average Bonchev–Trinajstić information content (AvgIpc) is 1.80. The fraction of sp³-hybridized carbons (Fsp3) is 0.800. The van der Waals surface area contributed by atoms with Gasteiger partial charge in [0.1, 0.15) is 6.61 Å². The Morgan fingerprint density at radius 1 is 1.44 bits per heavy atom. The van der Waals surface area contributed by atoms with E-state index in [9.17, 15) is 4.79 Å². The van der Waals surface area contributed by atoms with Crippen molar-refractivity contribution in [3.05, 3.63) is 0 Å². The quantitative estimate of drug-likeness (QED) is 0.316. The van der Waals surface area contributed by atoms with Gasteiger partial charge < -0.3 is 9.16 Å². The van der Waals surface area contributed by atoms with Crippen LogP contribution in [-0.4, -0.2) is 28.7 Å². The summed E-state index contributed by atoms with van der Waals surface area (Å²) in [6.07, 6.45) is 0. The van der Waals surface area contributed by atoms with E-state index in [4.69, 9.17) is 4.43 Å². The van der Waals surface area contributed by atoms with Crippen LogP contribution in [0.15, 0.2) is 0 Å². The minimum atomic E-state index is -0.909. The van der Waals surface area contributed by atoms with Gasteiger partial charge in [0, 0.05) is 0 Å². The highest BCUT2D eigenvalue weighted by molar-refractivity contribution is 6.48. The number of carbonyl (C=O) groups is 1. The number of hydrogen-bond acceptors (Lipinski definition) is 3. The lowest BCUT2D eigenvalue weighted by Crippen LogP contribution is -2.12. The molecule has 0 rings (SSSR count). The zero-order chi connectivity index (χ0) is 7.11. The Bertz CT molecular complexity index is 74.6. The lowest BCUT2D eigenvalue weighted by atomic mass is 10.8. The van der Waals surface area contributed by atoms with E-state index >= 15 is 0 Å². The molecule has 0 heterocycles. The van der Waals surface area contributed by atoms with Crippen LogP contribution in [0.2, 0.25) is 13.1 Å². The molecule has 0 aliphatic rings. The molecule has 0 aromatic carbocycles. The van der Waals surface area contributed by atoms with E-state index in [1.165, 1.54) is 0 Å². The Kier molecular flexibility index (Phi) is 5.55. The summed E-state index contributed by atoms with van der Waals surface area (Å²) >= 11 is 0. The molecule has 0 spiro atoms. The molecule has 0 N–H and O–H groups in total. The maximum absolute atomic E-state index is 9.58. The van der Waals surface area contributed by atoms with Gasteiger partial charge in [0.15, 0.2) is 9.04 Å². The molecule has 0 aliphatic carbocycles. The highest BCUT2D eigenvalue weighted by Gasteiger charge is 1.92. The minimum absolute atomic E-state index is 0.384. The van der Waals surface area contributed by atoms with E-state index < -0.39 is 9.04 Å². The summed E-state index contributed by atoms with van der Waals surface area (Å²) < 4.78 is 9.60. The number of hydrogen-bond donors (Lipinski definition) is 0. The third kappa shape index (κ3) is 7.65. The van der Waals surface area contributed by atoms with Gasteiger partial charge >= 0.3 is 0 Å². The molecule has 0 atom stereocenters. The molecule has 0 unspecified atom stereocenters. The van der Waals surface area contributed by atoms with Crippen molar-refractivity contribution in [2.75, 3.05) is 13.2 Å². The predicted octanol–water partition coefficient (Wildman–Crippen LogP) is 0.159. The van der Waals surface area contributed by atoms with Crippen molar-refractivity contribution in [1.29, 1.82) is 0 Å². The van der Waals surface area contributed by atoms with Crippen molar-refractivity contribution >= 4 is 15.5 Å². The first-order valence-electron chi connectivity index (χ1n) is 2.94. The molecule has 0 saturated heterocycles. The van der Waals surface area contributed by atoms with Gasteiger partial charge in [-0.25, -0.2) is 0 Å². The summed E-state index contributed by atoms with van der Waals surface area (Å²) in [6, 6.07) is 0. The second-order valence-corrected chi connectivity index (χ2v) is 4.32. The molecule has 0 aromatic rings. The third-order valence-electron chi connectivity index (χ3n) is 0.720. The van der Waals surface area contributed by atoms with Crippen LogP contribution in [0.25, 0.3) is 0 Å². The lowest BCUT2D eigenvalue weighted by Gasteiger charge is -2.03. The van der Waals surface area contributed by atoms with Gasteiger partial charge in [0.05, 0.1) is 6.61 Å². The largest absolute Gasteiger partial charge is 0.466 e. The van der Waals surface area contributed by atoms with Crippen LogP contribution in [-0.2, 0) is 14.0 Å². The first-order valence-corrected chi connectivity index (χ1v) is 5.72. The molecule has 0 aromatic heterocycles. The molecule has 3 nitrogen and oxygen atoms in total. The van der Waals surface area contributed by atoms with Crippen LogP contribution in [0.4, 0.5) is 0 Å². The number of rotatable bonds is 5. The Labute approximate surface area is 56.7 Å². The normalized spacial score (nSPS) is 9.67. The summed E-state index contributed by atoms with van der Waals surface area (Å²) in [5.41, 5.74) is 0. The smallest absolute Gasteiger partial charge is 0.293 e. The average molecular weight is 148 g/mol. The van der Waals surface area contributed by atoms with Crippen LogP contribution < -0.4 is 0 Å². The van der Waals surface area contributed by atoms with Crippen LogP contribution >= 0.6 is 0 Å². The van der Waals surface area contributed by atoms with Gasteiger partial charge in [-0.15, -0.1) is 0 Å². The molecular formula is C5H12O3Si. The molecule has 9 heavy (non-hydrogen) atoms. The van der Waals surface area contributed by atoms with Crippen LogP contribution in [0.1, 0.15) is 0 Å². The van der Waals surface area contributed by atoms with Crippen molar-refractivity contribution in [3.63, 3.8) is 0 Å². The van der Waals surface area contributed by atoms with Crippen molar-refractivity contribution in [1.82, 2.24) is 0 Å². The van der Waals surface area contributed by atoms with Crippen molar-refractivity contribution in [3.8, 4) is 0 Å². The second-order valence-electron chi connectivity index (χ2n) is 1.89. The lowest BCUT2D eigenvalue weighted by molar-refractivity contribution is -0.129. The van der Waals surface area contributed by atoms with Gasteiger partial charge in [0.2, 0.25) is 0 Å². The highest BCUT2D eigenvalue weighted by atomic mass is 28.3. The highest BCUT2D eigenvalue weighted by Crippen LogP contribution is 1.82. The standard InChI is InChI=1S/C5H12O3Si/c1-9(2)8-4-3-7-5-6/h5,9H,3-4H2,1-2H3. The molecule has 4 heteroatoms. The molecule has 0 fully saturated rings. The van der Waals surface area contributed by atoms with Gasteiger partial charge in [-0.05, 0) is 13.1 Å². The van der Waals surface area contributed by atoms with E-state index in [1.54, 1.807) is 0 Å². The topological polar surface area (TPSA) is 35.5 Å². The molecule has 0 bridgehead atoms. The zero-order valence-electron chi connectivity index (χ0n) is 5.79. The molecule has 54 valence electrons. The van der Waals surface area contributed by atoms with E-state index in [0.29, 0.717) is 19.7 Å². The van der Waals surface area contributed by atoms with E-state index in [0.717, 1.165) is 0 Å². The molecular weight excluding hydrogens is 136 g/mol. The zero-order valence-corrected chi connectivity index (χ0v) is 6.95. The van der Waals surface area contributed by atoms with Gasteiger partial charge in [0.25, 0.3) is 6.47 Å². The van der Waals surface area contributed by atoms with Crippen molar-refractivity contribution in [2.24, 2.45) is 0 Å². The molecule has 0 aliphatic heterocycles. The monoisotopic (exact) mass is 148 g/mol.